The summed E-state index contributed by atoms with van der Waals surface area (Å²) in [5.74, 6) is 0.0556. The van der Waals surface area contributed by atoms with Crippen molar-refractivity contribution in [2.45, 2.75) is 12.5 Å². The number of amides is 1. The van der Waals surface area contributed by atoms with E-state index in [1.165, 1.54) is 0 Å². The van der Waals surface area contributed by atoms with Gasteiger partial charge in [-0.3, -0.25) is 9.52 Å². The zero-order valence-corrected chi connectivity index (χ0v) is 5.24. The van der Waals surface area contributed by atoms with Crippen molar-refractivity contribution in [3.05, 3.63) is 0 Å². The lowest BCUT2D eigenvalue weighted by Crippen LogP contribution is -2.30. The third-order valence-corrected chi connectivity index (χ3v) is 1.52. The molecule has 0 unspecified atom stereocenters. The minimum atomic E-state index is -0.0710. The molecule has 1 amide bonds. The van der Waals surface area contributed by atoms with Gasteiger partial charge in [-0.1, -0.05) is 12.8 Å². The van der Waals surface area contributed by atoms with Gasteiger partial charge in [-0.2, -0.15) is 0 Å². The molecule has 1 fully saturated rings. The van der Waals surface area contributed by atoms with Crippen LogP contribution in [0.25, 0.3) is 0 Å². The van der Waals surface area contributed by atoms with Crippen LogP contribution >= 0.6 is 12.8 Å². The van der Waals surface area contributed by atoms with E-state index in [9.17, 15) is 4.79 Å². The molecule has 0 aliphatic carbocycles. The first-order chi connectivity index (χ1) is 3.84. The first-order valence-corrected chi connectivity index (χ1v) is 2.96. The second-order valence-electron chi connectivity index (χ2n) is 1.76. The van der Waals surface area contributed by atoms with Gasteiger partial charge in [-0.05, 0) is 6.42 Å². The molecule has 2 N–H and O–H groups in total. The maximum atomic E-state index is 10.6. The molecule has 46 valence electrons. The van der Waals surface area contributed by atoms with Crippen LogP contribution in [0.3, 0.4) is 0 Å². The van der Waals surface area contributed by atoms with E-state index in [1.54, 1.807) is 0 Å². The summed E-state index contributed by atoms with van der Waals surface area (Å²) in [4.78, 5) is 10.6. The summed E-state index contributed by atoms with van der Waals surface area (Å²) in [5.41, 5.74) is 0. The van der Waals surface area contributed by atoms with Crippen LogP contribution in [0.15, 0.2) is 0 Å². The molecule has 1 heterocycles. The highest BCUT2D eigenvalue weighted by Gasteiger charge is 2.21. The quantitative estimate of drug-likeness (QED) is 0.413. The average Bonchev–Trinajstić information content (AvgIpc) is 2.14. The number of thiol groups is 1. The predicted octanol–water partition coefficient (Wildman–Crippen LogP) is -0.691. The summed E-state index contributed by atoms with van der Waals surface area (Å²) in [7, 11) is 0. The van der Waals surface area contributed by atoms with Crippen LogP contribution in [0, 0.1) is 0 Å². The number of hydrogen-bond acceptors (Lipinski definition) is 3. The van der Waals surface area contributed by atoms with Crippen molar-refractivity contribution >= 4 is 18.7 Å². The van der Waals surface area contributed by atoms with Gasteiger partial charge in [0, 0.05) is 6.54 Å². The molecule has 1 saturated heterocycles. The summed E-state index contributed by atoms with van der Waals surface area (Å²) in [6, 6.07) is -0.0710. The summed E-state index contributed by atoms with van der Waals surface area (Å²) in [5, 5.41) is 2.67. The Morgan fingerprint density at radius 1 is 1.88 bits per heavy atom. The lowest BCUT2D eigenvalue weighted by atomic mass is 10.3. The Balaban J connectivity index is 2.42. The fourth-order valence-corrected chi connectivity index (χ4v) is 0.964. The summed E-state index contributed by atoms with van der Waals surface area (Å²) in [6.07, 6.45) is 0.850. The number of nitrogens with one attached hydrogen (secondary N) is 2. The van der Waals surface area contributed by atoms with Crippen molar-refractivity contribution in [3.8, 4) is 0 Å². The summed E-state index contributed by atoms with van der Waals surface area (Å²) < 4.78 is 2.60. The molecule has 1 aliphatic heterocycles. The van der Waals surface area contributed by atoms with Crippen molar-refractivity contribution in [2.24, 2.45) is 0 Å². The highest BCUT2D eigenvalue weighted by Crippen LogP contribution is 1.98. The molecule has 0 bridgehead atoms. The van der Waals surface area contributed by atoms with Gasteiger partial charge in [0.05, 0.1) is 6.04 Å². The van der Waals surface area contributed by atoms with Crippen molar-refractivity contribution < 1.29 is 4.79 Å². The zero-order valence-electron chi connectivity index (χ0n) is 4.35. The molecule has 1 atom stereocenters. The van der Waals surface area contributed by atoms with Crippen LogP contribution in [0.4, 0.5) is 0 Å². The lowest BCUT2D eigenvalue weighted by molar-refractivity contribution is -0.120. The molecule has 1 rings (SSSR count). The molecule has 4 heteroatoms. The van der Waals surface area contributed by atoms with E-state index in [4.69, 9.17) is 0 Å². The molecule has 0 saturated carbocycles. The number of rotatable bonds is 1. The number of carbonyl (C=O) groups excluding carboxylic acids is 1. The van der Waals surface area contributed by atoms with E-state index < -0.39 is 0 Å². The molecule has 1 aliphatic rings. The average molecular weight is 132 g/mol. The molecular formula is C4H8N2OS. The van der Waals surface area contributed by atoms with Crippen molar-refractivity contribution in [3.63, 3.8) is 0 Å². The van der Waals surface area contributed by atoms with E-state index in [2.05, 4.69) is 22.9 Å². The van der Waals surface area contributed by atoms with Crippen LogP contribution in [0.1, 0.15) is 6.42 Å². The molecule has 0 spiro atoms. The minimum absolute atomic E-state index is 0.0556. The zero-order chi connectivity index (χ0) is 5.98. The Kier molecular flexibility index (Phi) is 1.75. The highest BCUT2D eigenvalue weighted by molar-refractivity contribution is 7.78. The van der Waals surface area contributed by atoms with Gasteiger partial charge in [-0.15, -0.1) is 0 Å². The van der Waals surface area contributed by atoms with Crippen LogP contribution in [0.2, 0.25) is 0 Å². The van der Waals surface area contributed by atoms with E-state index >= 15 is 0 Å². The third kappa shape index (κ3) is 0.952. The SMILES string of the molecule is O=C1NCC[C@H]1NS. The van der Waals surface area contributed by atoms with Crippen molar-refractivity contribution in [2.75, 3.05) is 6.54 Å². The first kappa shape index (κ1) is 5.91. The fourth-order valence-electron chi connectivity index (χ4n) is 0.717. The van der Waals surface area contributed by atoms with Gasteiger partial charge < -0.3 is 5.32 Å². The van der Waals surface area contributed by atoms with Gasteiger partial charge >= 0.3 is 0 Å². The standard InChI is InChI=1S/C4H8N2OS/c7-4-3(6-8)1-2-5-4/h3,6,8H,1-2H2,(H,5,7)/t3-/m1/s1. The Morgan fingerprint density at radius 2 is 2.62 bits per heavy atom. The molecule has 0 radical (unpaired) electrons. The second kappa shape index (κ2) is 2.37. The molecule has 3 nitrogen and oxygen atoms in total. The Bertz CT molecular complexity index is 106. The van der Waals surface area contributed by atoms with Gasteiger partial charge in [-0.25, -0.2) is 0 Å². The van der Waals surface area contributed by atoms with E-state index in [0.717, 1.165) is 13.0 Å². The Hall–Kier alpha value is -0.220. The fraction of sp³-hybridized carbons (Fsp3) is 0.750. The summed E-state index contributed by atoms with van der Waals surface area (Å²) >= 11 is 3.76. The van der Waals surface area contributed by atoms with E-state index in [0.29, 0.717) is 0 Å². The van der Waals surface area contributed by atoms with Gasteiger partial charge in [0.1, 0.15) is 0 Å². The third-order valence-electron chi connectivity index (χ3n) is 1.20. The van der Waals surface area contributed by atoms with Crippen LogP contribution < -0.4 is 10.0 Å². The topological polar surface area (TPSA) is 41.1 Å². The molecular weight excluding hydrogens is 124 g/mol. The van der Waals surface area contributed by atoms with Crippen LogP contribution in [-0.2, 0) is 4.79 Å². The molecule has 0 aromatic heterocycles. The largest absolute Gasteiger partial charge is 0.355 e. The first-order valence-electron chi connectivity index (χ1n) is 2.52. The molecule has 0 aromatic carbocycles. The maximum absolute atomic E-state index is 10.6. The maximum Gasteiger partial charge on any atom is 0.238 e. The van der Waals surface area contributed by atoms with E-state index in [1.807, 2.05) is 0 Å². The predicted molar refractivity (Wildman–Crippen MR) is 33.5 cm³/mol. The summed E-state index contributed by atoms with van der Waals surface area (Å²) in [6.45, 7) is 0.775. The minimum Gasteiger partial charge on any atom is -0.355 e. The van der Waals surface area contributed by atoms with Gasteiger partial charge in [0.25, 0.3) is 0 Å². The van der Waals surface area contributed by atoms with Crippen molar-refractivity contribution in [1.29, 1.82) is 0 Å². The van der Waals surface area contributed by atoms with Gasteiger partial charge in [0.2, 0.25) is 5.91 Å². The Morgan fingerprint density at radius 3 is 2.88 bits per heavy atom. The Labute approximate surface area is 53.4 Å². The highest BCUT2D eigenvalue weighted by atomic mass is 32.1. The number of carbonyl (C=O) groups is 1. The lowest BCUT2D eigenvalue weighted by Gasteiger charge is -1.99. The molecule has 0 aromatic rings. The van der Waals surface area contributed by atoms with E-state index in [-0.39, 0.29) is 11.9 Å². The smallest absolute Gasteiger partial charge is 0.238 e. The van der Waals surface area contributed by atoms with Gasteiger partial charge in [0.15, 0.2) is 0 Å². The van der Waals surface area contributed by atoms with Crippen LogP contribution in [0.5, 0.6) is 0 Å². The van der Waals surface area contributed by atoms with Crippen LogP contribution in [-0.4, -0.2) is 18.5 Å². The second-order valence-corrected chi connectivity index (χ2v) is 2.02. The molecule has 8 heavy (non-hydrogen) atoms. The number of hydrogen-bond donors (Lipinski definition) is 3. The van der Waals surface area contributed by atoms with Crippen molar-refractivity contribution in [1.82, 2.24) is 10.0 Å². The monoisotopic (exact) mass is 132 g/mol. The normalized spacial score (nSPS) is 28.1.